The van der Waals surface area contributed by atoms with Crippen molar-refractivity contribution >= 4 is 35.1 Å². The van der Waals surface area contributed by atoms with Crippen molar-refractivity contribution in [3.8, 4) is 5.75 Å². The van der Waals surface area contributed by atoms with Crippen LogP contribution in [-0.4, -0.2) is 95.3 Å². The lowest BCUT2D eigenvalue weighted by atomic mass is 9.57. The Kier molecular flexibility index (Phi) is 9.29. The number of ether oxygens (including phenoxy) is 1. The van der Waals surface area contributed by atoms with Gasteiger partial charge in [-0.25, -0.2) is 23.7 Å². The molecule has 2 aromatic carbocycles. The summed E-state index contributed by atoms with van der Waals surface area (Å²) >= 11 is 0. The van der Waals surface area contributed by atoms with Crippen molar-refractivity contribution in [3.63, 3.8) is 0 Å². The van der Waals surface area contributed by atoms with Crippen LogP contribution >= 0.6 is 0 Å². The third-order valence-electron chi connectivity index (χ3n) is 10.7. The lowest BCUT2D eigenvalue weighted by molar-refractivity contribution is -0.132. The van der Waals surface area contributed by atoms with Gasteiger partial charge in [-0.05, 0) is 42.3 Å². The van der Waals surface area contributed by atoms with E-state index in [0.29, 0.717) is 28.5 Å². The second-order valence-electron chi connectivity index (χ2n) is 14.2. The molecule has 4 aromatic heterocycles. The molecule has 20 heteroatoms. The van der Waals surface area contributed by atoms with E-state index < -0.39 is 70.3 Å². The number of carbonyl (C=O) groups is 4. The molecule has 1 aliphatic carbocycles. The highest BCUT2D eigenvalue weighted by atomic mass is 19.1. The number of hydrogen-bond donors (Lipinski definition) is 2. The van der Waals surface area contributed by atoms with Crippen molar-refractivity contribution < 1.29 is 37.1 Å². The van der Waals surface area contributed by atoms with Crippen LogP contribution in [-0.2, 0) is 22.6 Å². The zero-order valence-electron chi connectivity index (χ0n) is 31.0. The van der Waals surface area contributed by atoms with Crippen LogP contribution < -0.4 is 25.2 Å². The summed E-state index contributed by atoms with van der Waals surface area (Å²) in [6.45, 7) is -0.501. The minimum Gasteiger partial charge on any atom is -0.489 e. The lowest BCUT2D eigenvalue weighted by Gasteiger charge is -2.53. The molecule has 2 N–H and O–H groups in total. The number of para-hydroxylation sites is 2. The lowest BCUT2D eigenvalue weighted by Crippen LogP contribution is -2.72. The predicted octanol–water partition coefficient (Wildman–Crippen LogP) is 2.24. The van der Waals surface area contributed by atoms with Crippen molar-refractivity contribution in [2.75, 3.05) is 30.0 Å². The summed E-state index contributed by atoms with van der Waals surface area (Å²) < 4.78 is 41.5. The largest absolute Gasteiger partial charge is 0.489 e. The third kappa shape index (κ3) is 6.76. The average Bonchev–Trinajstić information content (AvgIpc) is 3.80. The van der Waals surface area contributed by atoms with E-state index in [1.54, 1.807) is 42.5 Å². The molecular formula is C39H32F2N12O6. The molecule has 0 radical (unpaired) electrons. The maximum Gasteiger partial charge on any atom is 0.309 e. The fraction of sp³-hybridized carbons (Fsp3) is 0.256. The average molecular weight is 803 g/mol. The Balaban J connectivity index is 1.01. The first-order valence-corrected chi connectivity index (χ1v) is 18.4. The fourth-order valence-corrected chi connectivity index (χ4v) is 7.80. The first kappa shape index (κ1) is 37.1. The molecule has 3 aliphatic heterocycles. The number of anilines is 2. The maximum atomic E-state index is 15.1. The first-order valence-electron chi connectivity index (χ1n) is 18.4. The second kappa shape index (κ2) is 14.8. The molecule has 18 nitrogen and oxygen atoms in total. The molecule has 4 aliphatic rings. The number of likely N-dealkylation sites (N-methyl/N-ethyl adjacent to an activating group) is 1. The number of aromatic nitrogens is 8. The zero-order chi connectivity index (χ0) is 40.8. The topological polar surface area (TPSA) is 216 Å². The number of benzene rings is 2. The summed E-state index contributed by atoms with van der Waals surface area (Å²) in [7, 11) is 1.52. The number of nitrogens with zero attached hydrogens (tertiary/aromatic N) is 10. The van der Waals surface area contributed by atoms with E-state index in [1.165, 1.54) is 58.4 Å². The molecule has 298 valence electrons. The van der Waals surface area contributed by atoms with E-state index in [2.05, 4.69) is 45.9 Å². The maximum absolute atomic E-state index is 15.1. The van der Waals surface area contributed by atoms with E-state index in [4.69, 9.17) is 9.15 Å². The molecule has 4 amide bonds. The predicted molar refractivity (Wildman–Crippen MR) is 199 cm³/mol. The number of fused-ring (bicyclic) bond motifs is 2. The van der Waals surface area contributed by atoms with Gasteiger partial charge in [0, 0.05) is 50.2 Å². The van der Waals surface area contributed by atoms with Gasteiger partial charge in [0.2, 0.25) is 5.89 Å². The molecule has 0 spiro atoms. The molecule has 6 aromatic rings. The monoisotopic (exact) mass is 802 g/mol. The Morgan fingerprint density at radius 2 is 1.71 bits per heavy atom. The molecule has 1 fully saturated rings. The molecule has 10 rings (SSSR count). The van der Waals surface area contributed by atoms with Crippen LogP contribution in [0, 0.1) is 17.6 Å². The van der Waals surface area contributed by atoms with Gasteiger partial charge in [0.25, 0.3) is 17.7 Å². The number of amides is 4. The van der Waals surface area contributed by atoms with Crippen molar-refractivity contribution in [1.29, 1.82) is 0 Å². The van der Waals surface area contributed by atoms with Crippen molar-refractivity contribution in [2.45, 2.75) is 36.9 Å². The quantitative estimate of drug-likeness (QED) is 0.204. The molecule has 1 saturated carbocycles. The summed E-state index contributed by atoms with van der Waals surface area (Å²) in [5.41, 5.74) is -0.706. The molecule has 0 saturated heterocycles. The van der Waals surface area contributed by atoms with E-state index in [0.717, 1.165) is 6.20 Å². The number of rotatable bonds is 10. The first-order chi connectivity index (χ1) is 28.6. The Labute approximate surface area is 332 Å². The number of nitrogens with one attached hydrogen (secondary N) is 2. The smallest absolute Gasteiger partial charge is 0.309 e. The zero-order valence-corrected chi connectivity index (χ0v) is 31.0. The molecule has 4 atom stereocenters. The van der Waals surface area contributed by atoms with Crippen LogP contribution in [0.1, 0.15) is 56.5 Å². The van der Waals surface area contributed by atoms with Gasteiger partial charge in [0.05, 0.1) is 24.0 Å². The number of halogens is 2. The van der Waals surface area contributed by atoms with Crippen molar-refractivity contribution in [3.05, 3.63) is 132 Å². The summed E-state index contributed by atoms with van der Waals surface area (Å²) in [5.74, 6) is -5.00. The highest BCUT2D eigenvalue weighted by Gasteiger charge is 2.65. The van der Waals surface area contributed by atoms with Crippen LogP contribution in [0.15, 0.2) is 90.0 Å². The molecule has 59 heavy (non-hydrogen) atoms. The van der Waals surface area contributed by atoms with Gasteiger partial charge < -0.3 is 24.7 Å². The summed E-state index contributed by atoms with van der Waals surface area (Å²) in [6.07, 6.45) is 7.23. The Hall–Kier alpha value is -7.51. The highest BCUT2D eigenvalue weighted by Crippen LogP contribution is 2.55. The van der Waals surface area contributed by atoms with E-state index in [-0.39, 0.29) is 44.2 Å². The summed E-state index contributed by atoms with van der Waals surface area (Å²) in [5, 5.41) is 17.4. The minimum atomic E-state index is -1.63. The van der Waals surface area contributed by atoms with Crippen molar-refractivity contribution in [1.82, 2.24) is 50.5 Å². The van der Waals surface area contributed by atoms with E-state index in [9.17, 15) is 23.6 Å². The van der Waals surface area contributed by atoms with Gasteiger partial charge >= 0.3 is 11.8 Å². The Bertz CT molecular complexity index is 2610. The van der Waals surface area contributed by atoms with Gasteiger partial charge in [-0.3, -0.25) is 33.7 Å². The van der Waals surface area contributed by atoms with Gasteiger partial charge in [0.15, 0.2) is 17.3 Å². The minimum absolute atomic E-state index is 0.00842. The third-order valence-corrected chi connectivity index (χ3v) is 10.7. The fourth-order valence-electron chi connectivity index (χ4n) is 7.80. The summed E-state index contributed by atoms with van der Waals surface area (Å²) in [6, 6.07) is 12.7. The van der Waals surface area contributed by atoms with Crippen LogP contribution in [0.25, 0.3) is 0 Å². The molecule has 7 heterocycles. The molecule has 1 unspecified atom stereocenters. The SMILES string of the molecule is CN1C(=O)[C@@]2(NC(=O)c3nnc(Cc4ccc(F)cc4)o3)C[C@H](c3nccnc31)C2CN1C(=O)[C@@H](NC(=O)c2nn(Cc3ncccn3)cc2F)COc2ccccc21. The van der Waals surface area contributed by atoms with E-state index in [1.807, 2.05) is 0 Å². The van der Waals surface area contributed by atoms with Gasteiger partial charge in [-0.15, -0.1) is 10.2 Å². The van der Waals surface area contributed by atoms with Gasteiger partial charge in [-0.2, -0.15) is 5.10 Å². The number of carbonyl (C=O) groups excluding carboxylic acids is 4. The van der Waals surface area contributed by atoms with Crippen LogP contribution in [0.4, 0.5) is 20.3 Å². The number of hydrogen-bond acceptors (Lipinski definition) is 13. The standard InChI is InChI=1S/C39H32F2N12O6/c1-51-33-31(44-13-14-45-33)23-16-39(38(51)57,47-35(55)36-49-48-30(59-36)15-21-7-9-22(40)10-8-21)24(23)17-53-27-5-2-3-6-28(27)58-20-26(37(53)56)46-34(54)32-25(41)18-52(50-32)19-29-42-11-4-12-43-29/h2-14,18,23-24,26H,15-17,19-20H2,1H3,(H,46,54)(H,47,55)/t23-,24?,26-,39+/m0/s1. The summed E-state index contributed by atoms with van der Waals surface area (Å²) in [4.78, 5) is 76.6. The molecule has 2 bridgehead atoms. The normalized spacial score (nSPS) is 20.7. The van der Waals surface area contributed by atoms with Crippen molar-refractivity contribution in [2.24, 2.45) is 5.92 Å². The van der Waals surface area contributed by atoms with Crippen LogP contribution in [0.2, 0.25) is 0 Å². The van der Waals surface area contributed by atoms with Gasteiger partial charge in [-0.1, -0.05) is 24.3 Å². The Morgan fingerprint density at radius 1 is 0.932 bits per heavy atom. The van der Waals surface area contributed by atoms with Crippen LogP contribution in [0.5, 0.6) is 5.75 Å². The van der Waals surface area contributed by atoms with Gasteiger partial charge in [0.1, 0.15) is 42.1 Å². The van der Waals surface area contributed by atoms with E-state index >= 15 is 4.39 Å². The Morgan fingerprint density at radius 3 is 2.53 bits per heavy atom. The second-order valence-corrected chi connectivity index (χ2v) is 14.2. The molecular weight excluding hydrogens is 771 g/mol. The van der Waals surface area contributed by atoms with Crippen LogP contribution in [0.3, 0.4) is 0 Å². The highest BCUT2D eigenvalue weighted by molar-refractivity contribution is 6.07.